The largest absolute Gasteiger partial charge is 0.396 e. The minimum atomic E-state index is 0.582. The Morgan fingerprint density at radius 2 is 1.22 bits per heavy atom. The summed E-state index contributed by atoms with van der Waals surface area (Å²) in [7, 11) is 0. The number of pyridine rings is 2. The third kappa shape index (κ3) is 6.81. The van der Waals surface area contributed by atoms with E-state index >= 15 is 0 Å². The Balaban J connectivity index is 1.60. The molecule has 0 N–H and O–H groups in total. The standard InChI is InChI=1S/C21H28N4O2/c1-16-10-8-12-22-20(16)18(3)24-26-14-6-5-7-15-27-25-19(4)21-17(2)11-9-13-23-21/h8-13H,5-7,14-15H2,1-4H3/b24-18+,25-19+. The second kappa shape index (κ2) is 11.1. The van der Waals surface area contributed by atoms with E-state index in [0.29, 0.717) is 13.2 Å². The molecule has 0 aliphatic rings. The van der Waals surface area contributed by atoms with Crippen LogP contribution in [0.1, 0.15) is 55.6 Å². The lowest BCUT2D eigenvalue weighted by Gasteiger charge is -2.05. The summed E-state index contributed by atoms with van der Waals surface area (Å²) in [5.41, 5.74) is 5.54. The molecule has 0 aromatic carbocycles. The second-order valence-corrected chi connectivity index (χ2v) is 6.42. The van der Waals surface area contributed by atoms with Crippen LogP contribution in [0.15, 0.2) is 47.0 Å². The summed E-state index contributed by atoms with van der Waals surface area (Å²) in [6, 6.07) is 7.86. The number of nitrogens with zero attached hydrogens (tertiary/aromatic N) is 4. The van der Waals surface area contributed by atoms with Crippen LogP contribution in [-0.4, -0.2) is 34.6 Å². The Hall–Kier alpha value is -2.76. The van der Waals surface area contributed by atoms with E-state index in [1.807, 2.05) is 52.0 Å². The number of aryl methyl sites for hydroxylation is 2. The molecule has 6 heteroatoms. The Morgan fingerprint density at radius 1 is 0.778 bits per heavy atom. The topological polar surface area (TPSA) is 69.0 Å². The van der Waals surface area contributed by atoms with Crippen molar-refractivity contribution in [2.75, 3.05) is 13.2 Å². The van der Waals surface area contributed by atoms with Crippen LogP contribution in [0, 0.1) is 13.8 Å². The molecule has 0 amide bonds. The Kier molecular flexibility index (Phi) is 8.42. The molecule has 27 heavy (non-hydrogen) atoms. The predicted molar refractivity (Wildman–Crippen MR) is 108 cm³/mol. The van der Waals surface area contributed by atoms with Crippen LogP contribution < -0.4 is 0 Å². The van der Waals surface area contributed by atoms with E-state index in [0.717, 1.165) is 53.2 Å². The third-order valence-corrected chi connectivity index (χ3v) is 4.08. The molecule has 2 aromatic heterocycles. The van der Waals surface area contributed by atoms with Crippen molar-refractivity contribution in [3.05, 3.63) is 59.2 Å². The molecule has 144 valence electrons. The zero-order valence-corrected chi connectivity index (χ0v) is 16.6. The van der Waals surface area contributed by atoms with E-state index in [-0.39, 0.29) is 0 Å². The normalized spacial score (nSPS) is 12.1. The highest BCUT2D eigenvalue weighted by molar-refractivity contribution is 5.98. The number of aromatic nitrogens is 2. The Labute approximate surface area is 161 Å². The monoisotopic (exact) mass is 368 g/mol. The van der Waals surface area contributed by atoms with Crippen molar-refractivity contribution in [3.63, 3.8) is 0 Å². The maximum atomic E-state index is 5.39. The summed E-state index contributed by atoms with van der Waals surface area (Å²) >= 11 is 0. The first kappa shape index (κ1) is 20.6. The van der Waals surface area contributed by atoms with Gasteiger partial charge in [0, 0.05) is 12.4 Å². The van der Waals surface area contributed by atoms with E-state index in [9.17, 15) is 0 Å². The minimum Gasteiger partial charge on any atom is -0.396 e. The summed E-state index contributed by atoms with van der Waals surface area (Å²) in [5, 5.41) is 8.30. The van der Waals surface area contributed by atoms with E-state index in [1.54, 1.807) is 12.4 Å². The molecule has 2 heterocycles. The van der Waals surface area contributed by atoms with Crippen LogP contribution in [0.25, 0.3) is 0 Å². The molecular formula is C21H28N4O2. The zero-order chi connectivity index (χ0) is 19.5. The smallest absolute Gasteiger partial charge is 0.117 e. The van der Waals surface area contributed by atoms with Crippen molar-refractivity contribution in [1.82, 2.24) is 9.97 Å². The zero-order valence-electron chi connectivity index (χ0n) is 16.6. The average molecular weight is 368 g/mol. The molecule has 2 aromatic rings. The summed E-state index contributed by atoms with van der Waals surface area (Å²) in [5.74, 6) is 0. The van der Waals surface area contributed by atoms with Crippen molar-refractivity contribution in [3.8, 4) is 0 Å². The molecule has 0 aliphatic carbocycles. The molecular weight excluding hydrogens is 340 g/mol. The lowest BCUT2D eigenvalue weighted by atomic mass is 10.1. The second-order valence-electron chi connectivity index (χ2n) is 6.42. The summed E-state index contributed by atoms with van der Waals surface area (Å²) in [4.78, 5) is 19.4. The molecule has 0 atom stereocenters. The number of rotatable bonds is 10. The van der Waals surface area contributed by atoms with Gasteiger partial charge >= 0.3 is 0 Å². The van der Waals surface area contributed by atoms with Gasteiger partial charge in [0.1, 0.15) is 24.6 Å². The predicted octanol–water partition coefficient (Wildman–Crippen LogP) is 4.45. The molecule has 0 saturated carbocycles. The fourth-order valence-electron chi connectivity index (χ4n) is 2.61. The van der Waals surface area contributed by atoms with Gasteiger partial charge in [-0.25, -0.2) is 0 Å². The van der Waals surface area contributed by atoms with Crippen molar-refractivity contribution < 1.29 is 9.68 Å². The molecule has 0 bridgehead atoms. The SMILES string of the molecule is C/C(=N\OCCCCCO/N=C(\C)c1ncccc1C)c1ncccc1C. The van der Waals surface area contributed by atoms with Crippen LogP contribution in [0.5, 0.6) is 0 Å². The van der Waals surface area contributed by atoms with Crippen molar-refractivity contribution in [2.45, 2.75) is 47.0 Å². The Bertz CT molecular complexity index is 722. The number of oxime groups is 2. The lowest BCUT2D eigenvalue weighted by molar-refractivity contribution is 0.123. The van der Waals surface area contributed by atoms with Gasteiger partial charge in [0.05, 0.1) is 11.4 Å². The van der Waals surface area contributed by atoms with Gasteiger partial charge in [0.25, 0.3) is 0 Å². The molecule has 6 nitrogen and oxygen atoms in total. The molecule has 0 saturated heterocycles. The number of hydrogen-bond acceptors (Lipinski definition) is 6. The van der Waals surface area contributed by atoms with E-state index in [2.05, 4.69) is 20.3 Å². The van der Waals surface area contributed by atoms with Gasteiger partial charge in [-0.1, -0.05) is 22.4 Å². The van der Waals surface area contributed by atoms with Gasteiger partial charge in [-0.15, -0.1) is 0 Å². The third-order valence-electron chi connectivity index (χ3n) is 4.08. The molecule has 0 spiro atoms. The van der Waals surface area contributed by atoms with Gasteiger partial charge < -0.3 is 9.68 Å². The van der Waals surface area contributed by atoms with E-state index in [1.165, 1.54) is 0 Å². The summed E-state index contributed by atoms with van der Waals surface area (Å²) < 4.78 is 0. The quantitative estimate of drug-likeness (QED) is 0.353. The highest BCUT2D eigenvalue weighted by atomic mass is 16.6. The fourth-order valence-corrected chi connectivity index (χ4v) is 2.61. The highest BCUT2D eigenvalue weighted by Gasteiger charge is 2.04. The first-order valence-electron chi connectivity index (χ1n) is 9.26. The molecule has 0 fully saturated rings. The van der Waals surface area contributed by atoms with Gasteiger partial charge in [0.15, 0.2) is 0 Å². The van der Waals surface area contributed by atoms with Gasteiger partial charge in [-0.3, -0.25) is 9.97 Å². The van der Waals surface area contributed by atoms with Crippen LogP contribution >= 0.6 is 0 Å². The number of unbranched alkanes of at least 4 members (excludes halogenated alkanes) is 2. The van der Waals surface area contributed by atoms with Crippen LogP contribution in [-0.2, 0) is 9.68 Å². The fraction of sp³-hybridized carbons (Fsp3) is 0.429. The maximum absolute atomic E-state index is 5.39. The summed E-state index contributed by atoms with van der Waals surface area (Å²) in [6.45, 7) is 9.01. The van der Waals surface area contributed by atoms with Gasteiger partial charge in [-0.05, 0) is 70.2 Å². The maximum Gasteiger partial charge on any atom is 0.117 e. The molecule has 2 rings (SSSR count). The first-order chi connectivity index (χ1) is 13.1. The minimum absolute atomic E-state index is 0.582. The molecule has 0 aliphatic heterocycles. The van der Waals surface area contributed by atoms with E-state index in [4.69, 9.17) is 9.68 Å². The van der Waals surface area contributed by atoms with Crippen molar-refractivity contribution >= 4 is 11.4 Å². The average Bonchev–Trinajstić information content (AvgIpc) is 2.67. The first-order valence-corrected chi connectivity index (χ1v) is 9.26. The van der Waals surface area contributed by atoms with Crippen LogP contribution in [0.2, 0.25) is 0 Å². The van der Waals surface area contributed by atoms with Crippen molar-refractivity contribution in [1.29, 1.82) is 0 Å². The number of hydrogen-bond donors (Lipinski definition) is 0. The Morgan fingerprint density at radius 3 is 1.63 bits per heavy atom. The van der Waals surface area contributed by atoms with Crippen LogP contribution in [0.3, 0.4) is 0 Å². The summed E-state index contributed by atoms with van der Waals surface area (Å²) in [6.07, 6.45) is 6.36. The molecule has 0 radical (unpaired) electrons. The van der Waals surface area contributed by atoms with E-state index < -0.39 is 0 Å². The van der Waals surface area contributed by atoms with Gasteiger partial charge in [0.2, 0.25) is 0 Å². The van der Waals surface area contributed by atoms with Crippen molar-refractivity contribution in [2.24, 2.45) is 10.3 Å². The lowest BCUT2D eigenvalue weighted by Crippen LogP contribution is -2.03. The van der Waals surface area contributed by atoms with Crippen LogP contribution in [0.4, 0.5) is 0 Å². The highest BCUT2D eigenvalue weighted by Crippen LogP contribution is 2.07. The molecule has 0 unspecified atom stereocenters. The van der Waals surface area contributed by atoms with Gasteiger partial charge in [-0.2, -0.15) is 0 Å².